The van der Waals surface area contributed by atoms with E-state index in [1.54, 1.807) is 0 Å². The van der Waals surface area contributed by atoms with Crippen molar-refractivity contribution < 1.29 is 9.53 Å². The van der Waals surface area contributed by atoms with E-state index >= 15 is 0 Å². The molecule has 3 rings (SSSR count). The van der Waals surface area contributed by atoms with Crippen molar-refractivity contribution in [1.82, 2.24) is 0 Å². The quantitative estimate of drug-likeness (QED) is 0.499. The van der Waals surface area contributed by atoms with Crippen LogP contribution in [-0.4, -0.2) is 5.97 Å². The lowest BCUT2D eigenvalue weighted by atomic mass is 9.94. The molecule has 0 saturated carbocycles. The summed E-state index contributed by atoms with van der Waals surface area (Å²) in [6.45, 7) is 2.09. The SMILES string of the molecule is CCC[C@@H](C(=O)OC(c1ccccc1)c1ccccc1)c1ccccc1. The molecule has 3 aromatic rings. The second-order valence-electron chi connectivity index (χ2n) is 6.39. The van der Waals surface area contributed by atoms with Crippen LogP contribution in [0.5, 0.6) is 0 Å². The van der Waals surface area contributed by atoms with Crippen LogP contribution in [0.1, 0.15) is 48.5 Å². The average molecular weight is 344 g/mol. The van der Waals surface area contributed by atoms with Crippen LogP contribution in [0.3, 0.4) is 0 Å². The molecule has 26 heavy (non-hydrogen) atoms. The molecule has 0 radical (unpaired) electrons. The predicted octanol–water partition coefficient (Wildman–Crippen LogP) is 5.90. The van der Waals surface area contributed by atoms with Gasteiger partial charge in [0.2, 0.25) is 0 Å². The second kappa shape index (κ2) is 9.00. The van der Waals surface area contributed by atoms with Gasteiger partial charge in [-0.3, -0.25) is 4.79 Å². The molecule has 0 aliphatic heterocycles. The summed E-state index contributed by atoms with van der Waals surface area (Å²) in [5.41, 5.74) is 2.98. The first kappa shape index (κ1) is 17.9. The second-order valence-corrected chi connectivity index (χ2v) is 6.39. The Bertz CT molecular complexity index is 758. The molecule has 0 saturated heterocycles. The van der Waals surface area contributed by atoms with E-state index in [0.717, 1.165) is 29.5 Å². The van der Waals surface area contributed by atoms with E-state index in [2.05, 4.69) is 6.92 Å². The van der Waals surface area contributed by atoms with Gasteiger partial charge in [-0.05, 0) is 23.1 Å². The van der Waals surface area contributed by atoms with Crippen molar-refractivity contribution in [3.63, 3.8) is 0 Å². The van der Waals surface area contributed by atoms with Gasteiger partial charge >= 0.3 is 5.97 Å². The van der Waals surface area contributed by atoms with Gasteiger partial charge in [0.1, 0.15) is 0 Å². The Morgan fingerprint density at radius 3 is 1.58 bits per heavy atom. The number of carbonyl (C=O) groups excluding carboxylic acids is 1. The molecule has 0 aliphatic rings. The van der Waals surface area contributed by atoms with Gasteiger partial charge in [-0.25, -0.2) is 0 Å². The Labute approximate surface area is 155 Å². The van der Waals surface area contributed by atoms with Crippen LogP contribution >= 0.6 is 0 Å². The number of carbonyl (C=O) groups is 1. The largest absolute Gasteiger partial charge is 0.452 e. The van der Waals surface area contributed by atoms with E-state index < -0.39 is 6.10 Å². The first-order chi connectivity index (χ1) is 12.8. The number of rotatable bonds is 7. The zero-order valence-electron chi connectivity index (χ0n) is 15.0. The highest BCUT2D eigenvalue weighted by Gasteiger charge is 2.26. The molecular formula is C24H24O2. The molecule has 0 bridgehead atoms. The van der Waals surface area contributed by atoms with E-state index in [1.807, 2.05) is 91.0 Å². The Morgan fingerprint density at radius 1 is 0.731 bits per heavy atom. The van der Waals surface area contributed by atoms with E-state index in [-0.39, 0.29) is 11.9 Å². The van der Waals surface area contributed by atoms with Crippen molar-refractivity contribution in [1.29, 1.82) is 0 Å². The van der Waals surface area contributed by atoms with Crippen molar-refractivity contribution in [2.45, 2.75) is 31.8 Å². The van der Waals surface area contributed by atoms with Crippen LogP contribution in [0.4, 0.5) is 0 Å². The summed E-state index contributed by atoms with van der Waals surface area (Å²) in [5.74, 6) is -0.410. The van der Waals surface area contributed by atoms with Crippen molar-refractivity contribution in [3.05, 3.63) is 108 Å². The van der Waals surface area contributed by atoms with Crippen LogP contribution < -0.4 is 0 Å². The molecule has 1 atom stereocenters. The molecule has 0 aliphatic carbocycles. The van der Waals surface area contributed by atoms with Gasteiger partial charge in [0, 0.05) is 0 Å². The third kappa shape index (κ3) is 4.40. The minimum absolute atomic E-state index is 0.171. The summed E-state index contributed by atoms with van der Waals surface area (Å²) < 4.78 is 6.05. The van der Waals surface area contributed by atoms with Crippen LogP contribution in [0, 0.1) is 0 Å². The fraction of sp³-hybridized carbons (Fsp3) is 0.208. The molecule has 2 nitrogen and oxygen atoms in total. The summed E-state index contributed by atoms with van der Waals surface area (Å²) in [7, 11) is 0. The Balaban J connectivity index is 1.89. The van der Waals surface area contributed by atoms with Gasteiger partial charge in [0.15, 0.2) is 6.10 Å². The number of hydrogen-bond donors (Lipinski definition) is 0. The number of ether oxygens (including phenoxy) is 1. The van der Waals surface area contributed by atoms with Gasteiger partial charge in [-0.1, -0.05) is 104 Å². The van der Waals surface area contributed by atoms with Crippen molar-refractivity contribution in [3.8, 4) is 0 Å². The van der Waals surface area contributed by atoms with E-state index in [4.69, 9.17) is 4.74 Å². The topological polar surface area (TPSA) is 26.3 Å². The molecule has 0 unspecified atom stereocenters. The lowest BCUT2D eigenvalue weighted by Crippen LogP contribution is -2.20. The highest BCUT2D eigenvalue weighted by atomic mass is 16.5. The molecule has 0 heterocycles. The lowest BCUT2D eigenvalue weighted by Gasteiger charge is -2.23. The monoisotopic (exact) mass is 344 g/mol. The molecule has 132 valence electrons. The van der Waals surface area contributed by atoms with Crippen LogP contribution in [0.25, 0.3) is 0 Å². The van der Waals surface area contributed by atoms with E-state index in [1.165, 1.54) is 0 Å². The molecule has 0 fully saturated rings. The van der Waals surface area contributed by atoms with E-state index in [9.17, 15) is 4.79 Å². The molecule has 0 amide bonds. The third-order valence-electron chi connectivity index (χ3n) is 4.50. The normalized spacial score (nSPS) is 11.9. The molecule has 0 N–H and O–H groups in total. The molecule has 2 heteroatoms. The predicted molar refractivity (Wildman–Crippen MR) is 105 cm³/mol. The zero-order valence-corrected chi connectivity index (χ0v) is 15.0. The number of hydrogen-bond acceptors (Lipinski definition) is 2. The highest BCUT2D eigenvalue weighted by Crippen LogP contribution is 2.30. The van der Waals surface area contributed by atoms with Crippen molar-refractivity contribution in [2.24, 2.45) is 0 Å². The third-order valence-corrected chi connectivity index (χ3v) is 4.50. The fourth-order valence-electron chi connectivity index (χ4n) is 3.18. The summed E-state index contributed by atoms with van der Waals surface area (Å²) in [5, 5.41) is 0. The standard InChI is InChI=1S/C24H24O2/c1-2-12-22(19-13-6-3-7-14-19)24(25)26-23(20-15-8-4-9-16-20)21-17-10-5-11-18-21/h3-11,13-18,22-23H,2,12H2,1H3/t22-/m1/s1. The van der Waals surface area contributed by atoms with Crippen LogP contribution in [-0.2, 0) is 9.53 Å². The summed E-state index contributed by atoms with van der Waals surface area (Å²) in [6.07, 6.45) is 1.31. The van der Waals surface area contributed by atoms with Crippen LogP contribution in [0.2, 0.25) is 0 Å². The smallest absolute Gasteiger partial charge is 0.314 e. The fourth-order valence-corrected chi connectivity index (χ4v) is 3.18. The Kier molecular flexibility index (Phi) is 6.21. The van der Waals surface area contributed by atoms with E-state index in [0.29, 0.717) is 0 Å². The van der Waals surface area contributed by atoms with Gasteiger partial charge in [-0.15, -0.1) is 0 Å². The Hall–Kier alpha value is -2.87. The summed E-state index contributed by atoms with van der Waals surface area (Å²) in [6, 6.07) is 29.7. The summed E-state index contributed by atoms with van der Waals surface area (Å²) in [4.78, 5) is 13.1. The number of esters is 1. The van der Waals surface area contributed by atoms with Crippen molar-refractivity contribution >= 4 is 5.97 Å². The molecule has 3 aromatic carbocycles. The van der Waals surface area contributed by atoms with Crippen molar-refractivity contribution in [2.75, 3.05) is 0 Å². The molecular weight excluding hydrogens is 320 g/mol. The minimum Gasteiger partial charge on any atom is -0.452 e. The molecule has 0 aromatic heterocycles. The maximum atomic E-state index is 13.1. The average Bonchev–Trinajstić information content (AvgIpc) is 2.72. The first-order valence-electron chi connectivity index (χ1n) is 9.15. The van der Waals surface area contributed by atoms with Gasteiger partial charge in [0.25, 0.3) is 0 Å². The first-order valence-corrected chi connectivity index (χ1v) is 9.15. The Morgan fingerprint density at radius 2 is 1.15 bits per heavy atom. The summed E-state index contributed by atoms with van der Waals surface area (Å²) >= 11 is 0. The minimum atomic E-state index is -0.395. The van der Waals surface area contributed by atoms with Gasteiger partial charge < -0.3 is 4.74 Å². The lowest BCUT2D eigenvalue weighted by molar-refractivity contribution is -0.149. The van der Waals surface area contributed by atoms with Gasteiger partial charge in [0.05, 0.1) is 5.92 Å². The number of benzene rings is 3. The molecule has 0 spiro atoms. The zero-order chi connectivity index (χ0) is 18.2. The van der Waals surface area contributed by atoms with Gasteiger partial charge in [-0.2, -0.15) is 0 Å². The van der Waals surface area contributed by atoms with Crippen LogP contribution in [0.15, 0.2) is 91.0 Å². The highest BCUT2D eigenvalue weighted by molar-refractivity contribution is 5.78. The maximum absolute atomic E-state index is 13.1. The maximum Gasteiger partial charge on any atom is 0.314 e.